The molecule has 0 N–H and O–H groups in total. The number of hydrogen-bond donors (Lipinski definition) is 0. The van der Waals surface area contributed by atoms with E-state index in [1.54, 1.807) is 6.07 Å². The van der Waals surface area contributed by atoms with Gasteiger partial charge in [0, 0.05) is 17.6 Å². The number of para-hydroxylation sites is 3. The predicted octanol–water partition coefficient (Wildman–Crippen LogP) is 5.30. The maximum absolute atomic E-state index is 12.6. The fourth-order valence-corrected chi connectivity index (χ4v) is 4.25. The van der Waals surface area contributed by atoms with Gasteiger partial charge < -0.3 is 23.7 Å². The number of methoxy groups -OCH3 is 2. The number of esters is 2. The molecule has 1 aromatic heterocycles. The summed E-state index contributed by atoms with van der Waals surface area (Å²) in [4.78, 5) is 28.8. The van der Waals surface area contributed by atoms with E-state index in [-0.39, 0.29) is 19.2 Å². The van der Waals surface area contributed by atoms with Gasteiger partial charge in [0.25, 0.3) is 0 Å². The number of pyridine rings is 1. The third kappa shape index (κ3) is 8.04. The smallest absolute Gasteiger partial charge is 0.343 e. The second kappa shape index (κ2) is 14.6. The quantitative estimate of drug-likeness (QED) is 0.156. The minimum Gasteiger partial charge on any atom is -0.488 e. The van der Waals surface area contributed by atoms with Crippen molar-refractivity contribution in [3.8, 4) is 11.5 Å². The molecule has 208 valence electrons. The Balaban J connectivity index is 1.35. The molecule has 0 spiro atoms. The fourth-order valence-electron chi connectivity index (χ4n) is 4.25. The minimum atomic E-state index is -0.465. The summed E-state index contributed by atoms with van der Waals surface area (Å²) >= 11 is 0. The average Bonchev–Trinajstić information content (AvgIpc) is 3.00. The molecule has 1 unspecified atom stereocenters. The highest BCUT2D eigenvalue weighted by Gasteiger charge is 2.22. The summed E-state index contributed by atoms with van der Waals surface area (Å²) in [5.41, 5.74) is 3.41. The normalized spacial score (nSPS) is 11.6. The molecule has 0 bridgehead atoms. The molecule has 0 radical (unpaired) electrons. The molecule has 4 aromatic rings. The highest BCUT2D eigenvalue weighted by atomic mass is 16.6. The van der Waals surface area contributed by atoms with Gasteiger partial charge in [-0.25, -0.2) is 4.79 Å². The molecule has 3 aromatic carbocycles. The number of nitrogens with zero attached hydrogens (tertiary/aromatic N) is 1. The molecule has 0 aliphatic rings. The Bertz CT molecular complexity index is 1420. The largest absolute Gasteiger partial charge is 0.488 e. The zero-order chi connectivity index (χ0) is 28.2. The highest BCUT2D eigenvalue weighted by Crippen LogP contribution is 2.26. The topological polar surface area (TPSA) is 93.2 Å². The van der Waals surface area contributed by atoms with E-state index in [9.17, 15) is 9.59 Å². The number of fused-ring (bicyclic) bond motifs is 1. The molecule has 4 rings (SSSR count). The van der Waals surface area contributed by atoms with Crippen LogP contribution in [0.15, 0.2) is 84.9 Å². The number of carbonyl (C=O) groups is 2. The number of hydrogen-bond acceptors (Lipinski definition) is 8. The zero-order valence-corrected chi connectivity index (χ0v) is 22.7. The highest BCUT2D eigenvalue weighted by molar-refractivity contribution is 5.78. The van der Waals surface area contributed by atoms with E-state index in [1.807, 2.05) is 78.9 Å². The first kappa shape index (κ1) is 28.6. The molecule has 8 heteroatoms. The molecule has 0 aliphatic carbocycles. The van der Waals surface area contributed by atoms with Crippen LogP contribution in [0.2, 0.25) is 0 Å². The second-order valence-electron chi connectivity index (χ2n) is 9.13. The van der Waals surface area contributed by atoms with Crippen molar-refractivity contribution in [2.24, 2.45) is 5.92 Å². The lowest BCUT2D eigenvalue weighted by atomic mass is 9.96. The SMILES string of the molecule is COC(=O)COc1ccccc1COc1ccccc1CC(CCOCc1ccc2ccccc2n1)C(=O)OC. The molecule has 0 fully saturated rings. The van der Waals surface area contributed by atoms with Crippen LogP contribution in [0.25, 0.3) is 10.9 Å². The predicted molar refractivity (Wildman–Crippen MR) is 150 cm³/mol. The lowest BCUT2D eigenvalue weighted by Gasteiger charge is -2.18. The van der Waals surface area contributed by atoms with Gasteiger partial charge in [-0.2, -0.15) is 0 Å². The van der Waals surface area contributed by atoms with Crippen molar-refractivity contribution in [3.63, 3.8) is 0 Å². The lowest BCUT2D eigenvalue weighted by molar-refractivity contribution is -0.146. The van der Waals surface area contributed by atoms with Gasteiger partial charge in [-0.05, 0) is 42.7 Å². The van der Waals surface area contributed by atoms with Crippen LogP contribution in [0.3, 0.4) is 0 Å². The molecule has 1 atom stereocenters. The molecule has 0 amide bonds. The van der Waals surface area contributed by atoms with Crippen LogP contribution < -0.4 is 9.47 Å². The van der Waals surface area contributed by atoms with Gasteiger partial charge >= 0.3 is 11.9 Å². The van der Waals surface area contributed by atoms with Crippen molar-refractivity contribution >= 4 is 22.8 Å². The molecule has 40 heavy (non-hydrogen) atoms. The van der Waals surface area contributed by atoms with Crippen molar-refractivity contribution in [2.75, 3.05) is 27.4 Å². The monoisotopic (exact) mass is 543 g/mol. The molecular weight excluding hydrogens is 510 g/mol. The minimum absolute atomic E-state index is 0.191. The molecule has 8 nitrogen and oxygen atoms in total. The number of rotatable bonds is 14. The van der Waals surface area contributed by atoms with Crippen molar-refractivity contribution in [1.29, 1.82) is 0 Å². The van der Waals surface area contributed by atoms with Gasteiger partial charge in [-0.1, -0.05) is 60.7 Å². The van der Waals surface area contributed by atoms with Crippen molar-refractivity contribution in [1.82, 2.24) is 4.98 Å². The maximum atomic E-state index is 12.6. The molecule has 0 aliphatic heterocycles. The van der Waals surface area contributed by atoms with Crippen molar-refractivity contribution in [3.05, 3.63) is 102 Å². The van der Waals surface area contributed by atoms with E-state index >= 15 is 0 Å². The first-order valence-corrected chi connectivity index (χ1v) is 13.1. The molecule has 0 saturated carbocycles. The Hall–Kier alpha value is -4.43. The van der Waals surface area contributed by atoms with E-state index in [0.29, 0.717) is 37.6 Å². The molecule has 1 heterocycles. The van der Waals surface area contributed by atoms with Crippen LogP contribution in [0, 0.1) is 5.92 Å². The summed E-state index contributed by atoms with van der Waals surface area (Å²) in [7, 11) is 2.70. The van der Waals surface area contributed by atoms with Crippen LogP contribution >= 0.6 is 0 Å². The number of carbonyl (C=O) groups excluding carboxylic acids is 2. The van der Waals surface area contributed by atoms with Gasteiger partial charge in [-0.3, -0.25) is 9.78 Å². The Morgan fingerprint density at radius 1 is 0.750 bits per heavy atom. The summed E-state index contributed by atoms with van der Waals surface area (Å²) in [6.45, 7) is 0.765. The van der Waals surface area contributed by atoms with Crippen LogP contribution in [0.5, 0.6) is 11.5 Å². The first-order valence-electron chi connectivity index (χ1n) is 13.1. The van der Waals surface area contributed by atoms with E-state index in [0.717, 1.165) is 27.7 Å². The molecule has 0 saturated heterocycles. The Morgan fingerprint density at radius 3 is 2.23 bits per heavy atom. The van der Waals surface area contributed by atoms with E-state index < -0.39 is 11.9 Å². The van der Waals surface area contributed by atoms with Gasteiger partial charge in [0.05, 0.1) is 38.0 Å². The summed E-state index contributed by atoms with van der Waals surface area (Å²) < 4.78 is 27.4. The summed E-state index contributed by atoms with van der Waals surface area (Å²) in [6, 6.07) is 26.8. The third-order valence-corrected chi connectivity index (χ3v) is 6.42. The standard InChI is InChI=1S/C32H33NO7/c1-36-31(34)22-40-30-14-8-5-11-26(30)20-39-29-13-7-4-10-24(29)19-25(32(35)37-2)17-18-38-21-27-16-15-23-9-3-6-12-28(23)33-27/h3-16,25H,17-22H2,1-2H3. The first-order chi connectivity index (χ1) is 19.6. The van der Waals surface area contributed by atoms with Crippen molar-refractivity contribution in [2.45, 2.75) is 26.1 Å². The summed E-state index contributed by atoms with van der Waals surface area (Å²) in [5.74, 6) is 0.0162. The summed E-state index contributed by atoms with van der Waals surface area (Å²) in [6.07, 6.45) is 0.916. The lowest BCUT2D eigenvalue weighted by Crippen LogP contribution is -2.21. The van der Waals surface area contributed by atoms with Crippen LogP contribution in [0.4, 0.5) is 0 Å². The Morgan fingerprint density at radius 2 is 1.45 bits per heavy atom. The average molecular weight is 544 g/mol. The van der Waals surface area contributed by atoms with Crippen LogP contribution in [-0.2, 0) is 43.4 Å². The van der Waals surface area contributed by atoms with Crippen LogP contribution in [0.1, 0.15) is 23.2 Å². The van der Waals surface area contributed by atoms with E-state index in [1.165, 1.54) is 14.2 Å². The number of ether oxygens (including phenoxy) is 5. The van der Waals surface area contributed by atoms with Gasteiger partial charge in [0.15, 0.2) is 6.61 Å². The fraction of sp³-hybridized carbons (Fsp3) is 0.281. The maximum Gasteiger partial charge on any atom is 0.343 e. The van der Waals surface area contributed by atoms with Gasteiger partial charge in [-0.15, -0.1) is 0 Å². The van der Waals surface area contributed by atoms with E-state index in [2.05, 4.69) is 9.72 Å². The van der Waals surface area contributed by atoms with E-state index in [4.69, 9.17) is 18.9 Å². The Kier molecular flexibility index (Phi) is 10.5. The number of aromatic nitrogens is 1. The van der Waals surface area contributed by atoms with Gasteiger partial charge in [0.2, 0.25) is 0 Å². The Labute approximate surface area is 233 Å². The molecular formula is C32H33NO7. The zero-order valence-electron chi connectivity index (χ0n) is 22.7. The number of benzene rings is 3. The summed E-state index contributed by atoms with van der Waals surface area (Å²) in [5, 5.41) is 1.08. The van der Waals surface area contributed by atoms with Gasteiger partial charge in [0.1, 0.15) is 18.1 Å². The van der Waals surface area contributed by atoms with Crippen LogP contribution in [-0.4, -0.2) is 44.4 Å². The third-order valence-electron chi connectivity index (χ3n) is 6.42. The van der Waals surface area contributed by atoms with Crippen molar-refractivity contribution < 1.29 is 33.3 Å². The second-order valence-corrected chi connectivity index (χ2v) is 9.13.